The molecule has 3 N–H and O–H groups in total. The monoisotopic (exact) mass is 277 g/mol. The highest BCUT2D eigenvalue weighted by Gasteiger charge is 2.14. The van der Waals surface area contributed by atoms with E-state index in [-0.39, 0.29) is 23.9 Å². The van der Waals surface area contributed by atoms with Crippen molar-refractivity contribution in [3.63, 3.8) is 0 Å². The zero-order chi connectivity index (χ0) is 15.2. The van der Waals surface area contributed by atoms with Gasteiger partial charge in [0.05, 0.1) is 6.54 Å². The first-order valence-corrected chi connectivity index (χ1v) is 6.75. The highest BCUT2D eigenvalue weighted by Crippen LogP contribution is 2.08. The van der Waals surface area contributed by atoms with E-state index in [4.69, 9.17) is 0 Å². The predicted molar refractivity (Wildman–Crippen MR) is 80.8 cm³/mol. The Bertz CT molecular complexity index is 461. The van der Waals surface area contributed by atoms with Gasteiger partial charge in [-0.15, -0.1) is 0 Å². The fourth-order valence-corrected chi connectivity index (χ4v) is 1.67. The molecule has 0 spiro atoms. The number of hydrogen-bond acceptors (Lipinski definition) is 3. The van der Waals surface area contributed by atoms with E-state index in [1.165, 1.54) is 0 Å². The molecule has 5 nitrogen and oxygen atoms in total. The van der Waals surface area contributed by atoms with Crippen LogP contribution in [0.5, 0.6) is 0 Å². The second-order valence-electron chi connectivity index (χ2n) is 5.59. The number of nitrogens with one attached hydrogen (secondary N) is 3. The van der Waals surface area contributed by atoms with Gasteiger partial charge in [-0.05, 0) is 52.0 Å². The Morgan fingerprint density at radius 1 is 1.10 bits per heavy atom. The van der Waals surface area contributed by atoms with E-state index in [1.807, 2.05) is 39.8 Å². The topological polar surface area (TPSA) is 70.2 Å². The van der Waals surface area contributed by atoms with E-state index in [9.17, 15) is 9.59 Å². The van der Waals surface area contributed by atoms with E-state index in [0.29, 0.717) is 5.56 Å². The third-order valence-corrected chi connectivity index (χ3v) is 2.45. The van der Waals surface area contributed by atoms with Gasteiger partial charge in [-0.2, -0.15) is 0 Å². The molecular weight excluding hydrogens is 254 g/mol. The van der Waals surface area contributed by atoms with Crippen molar-refractivity contribution in [3.8, 4) is 0 Å². The lowest BCUT2D eigenvalue weighted by molar-refractivity contribution is -0.121. The molecule has 0 atom stereocenters. The van der Waals surface area contributed by atoms with Crippen LogP contribution in [-0.2, 0) is 4.79 Å². The molecule has 0 bridgehead atoms. The number of carbonyl (C=O) groups is 2. The summed E-state index contributed by atoms with van der Waals surface area (Å²) < 4.78 is 0. The van der Waals surface area contributed by atoms with Crippen molar-refractivity contribution in [2.24, 2.45) is 0 Å². The standard InChI is InChI=1S/C15H23N3O2/c1-5-16-12-8-6-11(7-9-12)14(20)17-10-13(19)18-15(2,3)4/h6-9,16H,5,10H2,1-4H3,(H,17,20)(H,18,19). The minimum atomic E-state index is -0.296. The van der Waals surface area contributed by atoms with Gasteiger partial charge in [-0.25, -0.2) is 0 Å². The van der Waals surface area contributed by atoms with Crippen LogP contribution in [-0.4, -0.2) is 30.4 Å². The molecule has 20 heavy (non-hydrogen) atoms. The van der Waals surface area contributed by atoms with Gasteiger partial charge in [0.1, 0.15) is 0 Å². The maximum absolute atomic E-state index is 11.9. The van der Waals surface area contributed by atoms with Crippen LogP contribution in [0.4, 0.5) is 5.69 Å². The molecule has 0 radical (unpaired) electrons. The summed E-state index contributed by atoms with van der Waals surface area (Å²) in [5, 5.41) is 8.54. The van der Waals surface area contributed by atoms with Crippen LogP contribution in [0.3, 0.4) is 0 Å². The summed E-state index contributed by atoms with van der Waals surface area (Å²) in [5.41, 5.74) is 1.21. The highest BCUT2D eigenvalue weighted by atomic mass is 16.2. The lowest BCUT2D eigenvalue weighted by Gasteiger charge is -2.20. The molecule has 1 aromatic carbocycles. The average Bonchev–Trinajstić information content (AvgIpc) is 2.35. The Balaban J connectivity index is 2.48. The first-order chi connectivity index (χ1) is 9.31. The van der Waals surface area contributed by atoms with Crippen molar-refractivity contribution in [2.45, 2.75) is 33.2 Å². The molecule has 110 valence electrons. The van der Waals surface area contributed by atoms with Gasteiger partial charge in [0, 0.05) is 23.3 Å². The summed E-state index contributed by atoms with van der Waals surface area (Å²) in [6.45, 7) is 8.50. The number of carbonyl (C=O) groups excluding carboxylic acids is 2. The number of amides is 2. The van der Waals surface area contributed by atoms with Crippen LogP contribution in [0.15, 0.2) is 24.3 Å². The third kappa shape index (κ3) is 5.73. The van der Waals surface area contributed by atoms with Crippen molar-refractivity contribution in [1.82, 2.24) is 10.6 Å². The molecule has 0 heterocycles. The Morgan fingerprint density at radius 2 is 1.70 bits per heavy atom. The van der Waals surface area contributed by atoms with E-state index in [2.05, 4.69) is 16.0 Å². The predicted octanol–water partition coefficient (Wildman–Crippen LogP) is 1.76. The Kier molecular flexibility index (Phi) is 5.55. The molecule has 0 aliphatic heterocycles. The van der Waals surface area contributed by atoms with Gasteiger partial charge >= 0.3 is 0 Å². The molecule has 0 saturated heterocycles. The van der Waals surface area contributed by atoms with Gasteiger partial charge in [-0.1, -0.05) is 0 Å². The molecule has 0 unspecified atom stereocenters. The van der Waals surface area contributed by atoms with Gasteiger partial charge in [0.25, 0.3) is 5.91 Å². The smallest absolute Gasteiger partial charge is 0.251 e. The zero-order valence-corrected chi connectivity index (χ0v) is 12.5. The minimum absolute atomic E-state index is 0.0228. The van der Waals surface area contributed by atoms with Crippen molar-refractivity contribution in [2.75, 3.05) is 18.4 Å². The molecule has 1 rings (SSSR count). The molecule has 0 aliphatic rings. The number of anilines is 1. The van der Waals surface area contributed by atoms with Crippen LogP contribution in [0.2, 0.25) is 0 Å². The SMILES string of the molecule is CCNc1ccc(C(=O)NCC(=O)NC(C)(C)C)cc1. The Hall–Kier alpha value is -2.04. The van der Waals surface area contributed by atoms with Gasteiger partial charge in [0.15, 0.2) is 0 Å². The second kappa shape index (κ2) is 6.93. The van der Waals surface area contributed by atoms with Crippen LogP contribution in [0, 0.1) is 0 Å². The van der Waals surface area contributed by atoms with Gasteiger partial charge in [0.2, 0.25) is 5.91 Å². The van der Waals surface area contributed by atoms with E-state index in [1.54, 1.807) is 12.1 Å². The fourth-order valence-electron chi connectivity index (χ4n) is 1.67. The normalized spacial score (nSPS) is 10.8. The van der Waals surface area contributed by atoms with Crippen LogP contribution < -0.4 is 16.0 Å². The lowest BCUT2D eigenvalue weighted by atomic mass is 10.1. The maximum atomic E-state index is 11.9. The molecule has 2 amide bonds. The summed E-state index contributed by atoms with van der Waals surface area (Å²) in [4.78, 5) is 23.5. The highest BCUT2D eigenvalue weighted by molar-refractivity contribution is 5.96. The summed E-state index contributed by atoms with van der Waals surface area (Å²) in [6.07, 6.45) is 0. The second-order valence-corrected chi connectivity index (χ2v) is 5.59. The Morgan fingerprint density at radius 3 is 2.20 bits per heavy atom. The van der Waals surface area contributed by atoms with Crippen molar-refractivity contribution in [1.29, 1.82) is 0 Å². The third-order valence-electron chi connectivity index (χ3n) is 2.45. The molecule has 1 aromatic rings. The van der Waals surface area contributed by atoms with Crippen LogP contribution in [0.1, 0.15) is 38.1 Å². The zero-order valence-electron chi connectivity index (χ0n) is 12.5. The summed E-state index contributed by atoms with van der Waals surface area (Å²) in [7, 11) is 0. The maximum Gasteiger partial charge on any atom is 0.251 e. The minimum Gasteiger partial charge on any atom is -0.385 e. The van der Waals surface area contributed by atoms with Crippen molar-refractivity contribution in [3.05, 3.63) is 29.8 Å². The molecular formula is C15H23N3O2. The van der Waals surface area contributed by atoms with E-state index < -0.39 is 0 Å². The number of hydrogen-bond donors (Lipinski definition) is 3. The molecule has 0 saturated carbocycles. The number of benzene rings is 1. The molecule has 0 aliphatic carbocycles. The number of rotatable bonds is 5. The lowest BCUT2D eigenvalue weighted by Crippen LogP contribution is -2.45. The quantitative estimate of drug-likeness (QED) is 0.768. The largest absolute Gasteiger partial charge is 0.385 e. The molecule has 0 aromatic heterocycles. The molecule has 5 heteroatoms. The fraction of sp³-hybridized carbons (Fsp3) is 0.467. The Labute approximate surface area is 120 Å². The molecule has 0 fully saturated rings. The summed E-state index contributed by atoms with van der Waals surface area (Å²) in [5.74, 6) is -0.452. The summed E-state index contributed by atoms with van der Waals surface area (Å²) >= 11 is 0. The first-order valence-electron chi connectivity index (χ1n) is 6.75. The average molecular weight is 277 g/mol. The van der Waals surface area contributed by atoms with Crippen LogP contribution in [0.25, 0.3) is 0 Å². The van der Waals surface area contributed by atoms with E-state index in [0.717, 1.165) is 12.2 Å². The first kappa shape index (κ1) is 16.0. The van der Waals surface area contributed by atoms with Gasteiger partial charge in [-0.3, -0.25) is 9.59 Å². The van der Waals surface area contributed by atoms with E-state index >= 15 is 0 Å². The van der Waals surface area contributed by atoms with Crippen molar-refractivity contribution < 1.29 is 9.59 Å². The summed E-state index contributed by atoms with van der Waals surface area (Å²) in [6, 6.07) is 7.14. The van der Waals surface area contributed by atoms with Crippen molar-refractivity contribution >= 4 is 17.5 Å². The van der Waals surface area contributed by atoms with Gasteiger partial charge < -0.3 is 16.0 Å². The van der Waals surface area contributed by atoms with Crippen LogP contribution >= 0.6 is 0 Å².